The Morgan fingerprint density at radius 1 is 1.32 bits per heavy atom. The van der Waals surface area contributed by atoms with E-state index in [2.05, 4.69) is 14.5 Å². The maximum Gasteiger partial charge on any atom is 0.347 e. The average molecular weight is 387 g/mol. The van der Waals surface area contributed by atoms with E-state index in [-0.39, 0.29) is 31.2 Å². The number of nitrogens with zero attached hydrogens (tertiary/aromatic N) is 3. The molecule has 0 bridgehead atoms. The van der Waals surface area contributed by atoms with Crippen molar-refractivity contribution in [1.82, 2.24) is 9.88 Å². The number of aromatic carboxylic acids is 1. The molecule has 0 amide bonds. The predicted octanol–water partition coefficient (Wildman–Crippen LogP) is 1.81. The molecule has 1 aromatic rings. The van der Waals surface area contributed by atoms with Gasteiger partial charge in [0.25, 0.3) is 0 Å². The largest absolute Gasteiger partial charge is 0.477 e. The molecule has 0 aliphatic carbocycles. The molecule has 1 atom stereocenters. The highest BCUT2D eigenvalue weighted by Crippen LogP contribution is 2.26. The van der Waals surface area contributed by atoms with Gasteiger partial charge in [-0.15, -0.1) is 0 Å². The molecule has 1 N–H and O–H groups in total. The van der Waals surface area contributed by atoms with Crippen molar-refractivity contribution in [3.05, 3.63) is 11.1 Å². The van der Waals surface area contributed by atoms with Crippen LogP contribution in [0.1, 0.15) is 9.67 Å². The summed E-state index contributed by atoms with van der Waals surface area (Å²) in [6, 6.07) is -0.512. The number of thiazole rings is 1. The van der Waals surface area contributed by atoms with E-state index >= 15 is 0 Å². The summed E-state index contributed by atoms with van der Waals surface area (Å²) in [6.07, 6.45) is 1.20. The topological polar surface area (TPSA) is 75.1 Å². The number of hydrogen-bond donors (Lipinski definition) is 1. The molecule has 0 aromatic carbocycles. The first-order valence-corrected chi connectivity index (χ1v) is 8.16. The zero-order valence-electron chi connectivity index (χ0n) is 13.0. The van der Waals surface area contributed by atoms with Crippen molar-refractivity contribution >= 4 is 22.4 Å². The van der Waals surface area contributed by atoms with Crippen molar-refractivity contribution < 1.29 is 36.9 Å². The molecule has 1 saturated heterocycles. The van der Waals surface area contributed by atoms with Gasteiger partial charge in [0, 0.05) is 26.2 Å². The van der Waals surface area contributed by atoms with Gasteiger partial charge in [-0.05, 0) is 0 Å². The van der Waals surface area contributed by atoms with Gasteiger partial charge in [0.1, 0.15) is 4.88 Å². The van der Waals surface area contributed by atoms with Gasteiger partial charge in [-0.3, -0.25) is 4.90 Å². The molecule has 2 heterocycles. The van der Waals surface area contributed by atoms with E-state index in [1.807, 2.05) is 0 Å². The Morgan fingerprint density at radius 3 is 2.64 bits per heavy atom. The van der Waals surface area contributed by atoms with E-state index in [0.29, 0.717) is 18.2 Å². The summed E-state index contributed by atoms with van der Waals surface area (Å²) in [4.78, 5) is 18.5. The Balaban J connectivity index is 2.01. The first-order chi connectivity index (χ1) is 11.9. The Morgan fingerprint density at radius 2 is 2.04 bits per heavy atom. The average Bonchev–Trinajstić information content (AvgIpc) is 3.02. The van der Waals surface area contributed by atoms with Crippen LogP contribution in [0.5, 0.6) is 0 Å². The van der Waals surface area contributed by atoms with Crippen LogP contribution in [0, 0.1) is 0 Å². The zero-order chi connectivity index (χ0) is 18.4. The number of aromatic nitrogens is 1. The van der Waals surface area contributed by atoms with Gasteiger partial charge in [-0.2, -0.15) is 17.6 Å². The predicted molar refractivity (Wildman–Crippen MR) is 80.6 cm³/mol. The van der Waals surface area contributed by atoms with E-state index in [9.17, 15) is 22.4 Å². The standard InChI is InChI=1S/C13H17F4N3O4S/c14-11(15)23-4-3-19-1-2-20(8(6-19)7-24-12(16)17)13-18-5-9(25-13)10(21)22/h5,8,11-12H,1-4,6-7H2,(H,21,22). The van der Waals surface area contributed by atoms with Crippen LogP contribution >= 0.6 is 11.3 Å². The molecular formula is C13H17F4N3O4S. The van der Waals surface area contributed by atoms with Gasteiger partial charge >= 0.3 is 19.2 Å². The summed E-state index contributed by atoms with van der Waals surface area (Å²) in [5, 5.41) is 9.36. The molecule has 0 saturated carbocycles. The fourth-order valence-corrected chi connectivity index (χ4v) is 3.32. The van der Waals surface area contributed by atoms with Gasteiger partial charge in [0.15, 0.2) is 5.13 Å². The molecule has 2 rings (SSSR count). The summed E-state index contributed by atoms with van der Waals surface area (Å²) >= 11 is 0.938. The summed E-state index contributed by atoms with van der Waals surface area (Å²) in [5.74, 6) is -1.12. The molecule has 7 nitrogen and oxygen atoms in total. The molecule has 1 unspecified atom stereocenters. The molecule has 142 valence electrons. The van der Waals surface area contributed by atoms with E-state index < -0.39 is 25.2 Å². The number of alkyl halides is 4. The quantitative estimate of drug-likeness (QED) is 0.648. The lowest BCUT2D eigenvalue weighted by molar-refractivity contribution is -0.139. The van der Waals surface area contributed by atoms with E-state index in [4.69, 9.17) is 5.11 Å². The van der Waals surface area contributed by atoms with Crippen LogP contribution < -0.4 is 4.90 Å². The van der Waals surface area contributed by atoms with Gasteiger partial charge in [0.2, 0.25) is 0 Å². The fourth-order valence-electron chi connectivity index (χ4n) is 2.47. The highest BCUT2D eigenvalue weighted by molar-refractivity contribution is 7.17. The number of carboxylic acid groups (broad SMARTS) is 1. The Kier molecular flexibility index (Phi) is 7.35. The maximum atomic E-state index is 12.4. The van der Waals surface area contributed by atoms with Crippen molar-refractivity contribution in [1.29, 1.82) is 0 Å². The Hall–Kier alpha value is -1.50. The smallest absolute Gasteiger partial charge is 0.347 e. The zero-order valence-corrected chi connectivity index (χ0v) is 13.8. The molecule has 1 fully saturated rings. The summed E-state index contributed by atoms with van der Waals surface area (Å²) in [6.45, 7) is -4.93. The number of carboxylic acids is 1. The second-order valence-corrected chi connectivity index (χ2v) is 6.19. The first kappa shape index (κ1) is 19.8. The van der Waals surface area contributed by atoms with Crippen LogP contribution in [0.15, 0.2) is 6.20 Å². The minimum atomic E-state index is -2.94. The lowest BCUT2D eigenvalue weighted by Gasteiger charge is -2.41. The van der Waals surface area contributed by atoms with Crippen LogP contribution in [0.2, 0.25) is 0 Å². The summed E-state index contributed by atoms with van der Waals surface area (Å²) < 4.78 is 57.4. The van der Waals surface area contributed by atoms with Crippen molar-refractivity contribution in [2.75, 3.05) is 44.3 Å². The Bertz CT molecular complexity index is 563. The van der Waals surface area contributed by atoms with E-state index in [1.165, 1.54) is 6.20 Å². The van der Waals surface area contributed by atoms with Gasteiger partial charge in [-0.1, -0.05) is 11.3 Å². The molecule has 1 aliphatic heterocycles. The normalized spacial score (nSPS) is 19.1. The molecule has 0 spiro atoms. The second-order valence-electron chi connectivity index (χ2n) is 5.19. The number of rotatable bonds is 9. The SMILES string of the molecule is O=C(O)c1cnc(N2CCN(CCOC(F)F)CC2COC(F)F)s1. The van der Waals surface area contributed by atoms with Crippen LogP contribution in [-0.4, -0.2) is 79.6 Å². The highest BCUT2D eigenvalue weighted by Gasteiger charge is 2.30. The highest BCUT2D eigenvalue weighted by atomic mass is 32.1. The molecular weight excluding hydrogens is 370 g/mol. The molecule has 1 aromatic heterocycles. The van der Waals surface area contributed by atoms with E-state index in [0.717, 1.165) is 11.3 Å². The van der Waals surface area contributed by atoms with Crippen LogP contribution in [-0.2, 0) is 9.47 Å². The van der Waals surface area contributed by atoms with Gasteiger partial charge in [0.05, 0.1) is 25.5 Å². The maximum absolute atomic E-state index is 12.4. The minimum absolute atomic E-state index is 0.0382. The fraction of sp³-hybridized carbons (Fsp3) is 0.692. The van der Waals surface area contributed by atoms with Crippen molar-refractivity contribution in [2.45, 2.75) is 19.3 Å². The van der Waals surface area contributed by atoms with Crippen molar-refractivity contribution in [3.8, 4) is 0 Å². The molecule has 25 heavy (non-hydrogen) atoms. The number of anilines is 1. The monoisotopic (exact) mass is 387 g/mol. The third-order valence-corrected chi connectivity index (χ3v) is 4.61. The lowest BCUT2D eigenvalue weighted by Crippen LogP contribution is -2.55. The summed E-state index contributed by atoms with van der Waals surface area (Å²) in [7, 11) is 0. The first-order valence-electron chi connectivity index (χ1n) is 7.34. The number of carbonyl (C=O) groups is 1. The number of ether oxygens (including phenoxy) is 2. The van der Waals surface area contributed by atoms with Crippen LogP contribution in [0.4, 0.5) is 22.7 Å². The van der Waals surface area contributed by atoms with E-state index in [1.54, 1.807) is 9.80 Å². The third kappa shape index (κ3) is 6.06. The number of piperazine rings is 1. The van der Waals surface area contributed by atoms with Gasteiger partial charge in [-0.25, -0.2) is 9.78 Å². The molecule has 0 radical (unpaired) electrons. The third-order valence-electron chi connectivity index (χ3n) is 3.58. The van der Waals surface area contributed by atoms with Crippen LogP contribution in [0.3, 0.4) is 0 Å². The van der Waals surface area contributed by atoms with Crippen molar-refractivity contribution in [2.24, 2.45) is 0 Å². The summed E-state index contributed by atoms with van der Waals surface area (Å²) in [5.41, 5.74) is 0. The number of halogens is 4. The molecule has 1 aliphatic rings. The van der Waals surface area contributed by atoms with Crippen LogP contribution in [0.25, 0.3) is 0 Å². The molecule has 12 heteroatoms. The second kappa shape index (κ2) is 9.27. The van der Waals surface area contributed by atoms with Crippen molar-refractivity contribution in [3.63, 3.8) is 0 Å². The van der Waals surface area contributed by atoms with Gasteiger partial charge < -0.3 is 19.5 Å². The minimum Gasteiger partial charge on any atom is -0.477 e. The lowest BCUT2D eigenvalue weighted by atomic mass is 10.2. The Labute approximate surface area is 144 Å². The number of hydrogen-bond acceptors (Lipinski definition) is 7.